The standard InChI is InChI=1S/C20H43N.H3O4P/c1-5-9-13-14-16-19(15-10-6-2)20(21,17-11-7-3)18-12-8-4;1-5(2,3)4/h19H,5-18,21H2,1-4H3;(H3,1,2,3,4). The van der Waals surface area contributed by atoms with Crippen molar-refractivity contribution in [2.75, 3.05) is 0 Å². The van der Waals surface area contributed by atoms with Gasteiger partial charge in [-0.05, 0) is 31.6 Å². The molecule has 1 atom stereocenters. The highest BCUT2D eigenvalue weighted by Crippen LogP contribution is 2.34. The van der Waals surface area contributed by atoms with E-state index in [-0.39, 0.29) is 5.54 Å². The van der Waals surface area contributed by atoms with Crippen molar-refractivity contribution in [2.24, 2.45) is 11.7 Å². The minimum atomic E-state index is -4.64. The van der Waals surface area contributed by atoms with Gasteiger partial charge in [0.15, 0.2) is 0 Å². The van der Waals surface area contributed by atoms with Gasteiger partial charge in [-0.1, -0.05) is 91.9 Å². The summed E-state index contributed by atoms with van der Waals surface area (Å²) in [5.41, 5.74) is 7.09. The fraction of sp³-hybridized carbons (Fsp3) is 1.00. The lowest BCUT2D eigenvalue weighted by Crippen LogP contribution is -2.47. The Labute approximate surface area is 162 Å². The second-order valence-electron chi connectivity index (χ2n) is 7.64. The molecule has 0 spiro atoms. The van der Waals surface area contributed by atoms with E-state index in [0.29, 0.717) is 0 Å². The number of unbranched alkanes of at least 4 members (excludes halogenated alkanes) is 6. The number of hydrogen-bond donors (Lipinski definition) is 4. The molecular formula is C20H46NO4P. The molecule has 0 amide bonds. The normalized spacial score (nSPS) is 13.2. The first-order valence-electron chi connectivity index (χ1n) is 10.7. The van der Waals surface area contributed by atoms with Crippen molar-refractivity contribution in [3.05, 3.63) is 0 Å². The number of hydrogen-bond acceptors (Lipinski definition) is 2. The SMILES string of the molecule is CCCCCCC(CCCC)C(N)(CCCC)CCCC.O=P(O)(O)O. The van der Waals surface area contributed by atoms with Crippen molar-refractivity contribution in [1.82, 2.24) is 0 Å². The smallest absolute Gasteiger partial charge is 0.325 e. The monoisotopic (exact) mass is 395 g/mol. The van der Waals surface area contributed by atoms with E-state index >= 15 is 0 Å². The lowest BCUT2D eigenvalue weighted by atomic mass is 9.72. The zero-order valence-electron chi connectivity index (χ0n) is 17.8. The van der Waals surface area contributed by atoms with Crippen LogP contribution in [0.15, 0.2) is 0 Å². The van der Waals surface area contributed by atoms with Crippen molar-refractivity contribution in [2.45, 2.75) is 123 Å². The molecule has 0 rings (SSSR count). The number of nitrogens with two attached hydrogens (primary N) is 1. The molecule has 0 aromatic heterocycles. The molecule has 0 fully saturated rings. The average molecular weight is 396 g/mol. The Morgan fingerprint density at radius 2 is 1.12 bits per heavy atom. The third-order valence-electron chi connectivity index (χ3n) is 5.12. The summed E-state index contributed by atoms with van der Waals surface area (Å²) in [5.74, 6) is 0.757. The summed E-state index contributed by atoms with van der Waals surface area (Å²) in [6.07, 6.45) is 18.5. The predicted octanol–water partition coefficient (Wildman–Crippen LogP) is 5.91. The number of rotatable bonds is 15. The Balaban J connectivity index is 0. The van der Waals surface area contributed by atoms with Crippen LogP contribution in [0, 0.1) is 5.92 Å². The van der Waals surface area contributed by atoms with Crippen molar-refractivity contribution >= 4 is 7.82 Å². The van der Waals surface area contributed by atoms with E-state index in [1.165, 1.54) is 89.9 Å². The Bertz CT molecular complexity index is 330. The number of phosphoric acid groups is 1. The maximum atomic E-state index is 8.88. The third-order valence-corrected chi connectivity index (χ3v) is 5.12. The van der Waals surface area contributed by atoms with E-state index < -0.39 is 7.82 Å². The lowest BCUT2D eigenvalue weighted by Gasteiger charge is -2.38. The quantitative estimate of drug-likeness (QED) is 0.204. The Hall–Kier alpha value is 0.0700. The van der Waals surface area contributed by atoms with Gasteiger partial charge in [0, 0.05) is 5.54 Å². The van der Waals surface area contributed by atoms with Crippen molar-refractivity contribution in [1.29, 1.82) is 0 Å². The molecule has 0 saturated heterocycles. The molecule has 0 saturated carbocycles. The molecule has 26 heavy (non-hydrogen) atoms. The minimum absolute atomic E-state index is 0.118. The van der Waals surface area contributed by atoms with Gasteiger partial charge in [0.25, 0.3) is 0 Å². The first kappa shape index (κ1) is 28.3. The Morgan fingerprint density at radius 3 is 1.50 bits per heavy atom. The summed E-state index contributed by atoms with van der Waals surface area (Å²) < 4.78 is 8.88. The Morgan fingerprint density at radius 1 is 0.731 bits per heavy atom. The van der Waals surface area contributed by atoms with Gasteiger partial charge in [-0.25, -0.2) is 4.57 Å². The first-order valence-corrected chi connectivity index (χ1v) is 12.3. The van der Waals surface area contributed by atoms with Crippen LogP contribution in [0.5, 0.6) is 0 Å². The van der Waals surface area contributed by atoms with Gasteiger partial charge in [0.2, 0.25) is 0 Å². The third kappa shape index (κ3) is 18.8. The van der Waals surface area contributed by atoms with Crippen molar-refractivity contribution in [3.8, 4) is 0 Å². The molecule has 0 aliphatic rings. The zero-order valence-corrected chi connectivity index (χ0v) is 18.6. The highest BCUT2D eigenvalue weighted by Gasteiger charge is 2.32. The minimum Gasteiger partial charge on any atom is -0.325 e. The highest BCUT2D eigenvalue weighted by atomic mass is 31.2. The topological polar surface area (TPSA) is 104 Å². The fourth-order valence-corrected chi connectivity index (χ4v) is 3.53. The molecule has 160 valence electrons. The molecular weight excluding hydrogens is 349 g/mol. The molecule has 5 N–H and O–H groups in total. The van der Waals surface area contributed by atoms with Crippen molar-refractivity contribution in [3.63, 3.8) is 0 Å². The van der Waals surface area contributed by atoms with E-state index in [1.807, 2.05) is 0 Å². The molecule has 0 radical (unpaired) electrons. The molecule has 0 bridgehead atoms. The Kier molecular flexibility index (Phi) is 18.7. The maximum absolute atomic E-state index is 8.88. The molecule has 0 aliphatic heterocycles. The van der Waals surface area contributed by atoms with Crippen LogP contribution in [-0.4, -0.2) is 20.2 Å². The summed E-state index contributed by atoms with van der Waals surface area (Å²) in [6.45, 7) is 9.19. The molecule has 0 aromatic rings. The molecule has 0 heterocycles. The molecule has 1 unspecified atom stereocenters. The molecule has 0 aliphatic carbocycles. The summed E-state index contributed by atoms with van der Waals surface area (Å²) in [7, 11) is -4.64. The lowest BCUT2D eigenvalue weighted by molar-refractivity contribution is 0.193. The van der Waals surface area contributed by atoms with Crippen LogP contribution < -0.4 is 5.73 Å². The van der Waals surface area contributed by atoms with Gasteiger partial charge >= 0.3 is 7.82 Å². The van der Waals surface area contributed by atoms with Gasteiger partial charge in [-0.15, -0.1) is 0 Å². The van der Waals surface area contributed by atoms with Crippen LogP contribution in [0.1, 0.15) is 118 Å². The summed E-state index contributed by atoms with van der Waals surface area (Å²) in [4.78, 5) is 21.6. The molecule has 6 heteroatoms. The van der Waals surface area contributed by atoms with E-state index in [0.717, 1.165) is 5.92 Å². The van der Waals surface area contributed by atoms with Crippen molar-refractivity contribution < 1.29 is 19.2 Å². The summed E-state index contributed by atoms with van der Waals surface area (Å²) >= 11 is 0. The van der Waals surface area contributed by atoms with E-state index in [9.17, 15) is 0 Å². The fourth-order valence-electron chi connectivity index (χ4n) is 3.53. The van der Waals surface area contributed by atoms with Gasteiger partial charge < -0.3 is 20.4 Å². The maximum Gasteiger partial charge on any atom is 0.466 e. The van der Waals surface area contributed by atoms with Crippen LogP contribution in [0.3, 0.4) is 0 Å². The zero-order chi connectivity index (χ0) is 20.5. The van der Waals surface area contributed by atoms with Gasteiger partial charge in [0.05, 0.1) is 0 Å². The van der Waals surface area contributed by atoms with Crippen LogP contribution >= 0.6 is 7.82 Å². The van der Waals surface area contributed by atoms with E-state index in [1.54, 1.807) is 0 Å². The summed E-state index contributed by atoms with van der Waals surface area (Å²) in [6, 6.07) is 0. The molecule has 5 nitrogen and oxygen atoms in total. The van der Waals surface area contributed by atoms with E-state index in [4.69, 9.17) is 25.0 Å². The van der Waals surface area contributed by atoms with Crippen LogP contribution in [0.4, 0.5) is 0 Å². The van der Waals surface area contributed by atoms with Crippen LogP contribution in [0.2, 0.25) is 0 Å². The highest BCUT2D eigenvalue weighted by molar-refractivity contribution is 7.45. The average Bonchev–Trinajstić information content (AvgIpc) is 2.56. The molecule has 0 aromatic carbocycles. The second-order valence-corrected chi connectivity index (χ2v) is 8.67. The largest absolute Gasteiger partial charge is 0.466 e. The van der Waals surface area contributed by atoms with Gasteiger partial charge in [-0.2, -0.15) is 0 Å². The van der Waals surface area contributed by atoms with E-state index in [2.05, 4.69) is 27.7 Å². The predicted molar refractivity (Wildman–Crippen MR) is 112 cm³/mol. The summed E-state index contributed by atoms with van der Waals surface area (Å²) in [5, 5.41) is 0. The van der Waals surface area contributed by atoms with Gasteiger partial charge in [0.1, 0.15) is 0 Å². The van der Waals surface area contributed by atoms with Crippen LogP contribution in [0.25, 0.3) is 0 Å². The second kappa shape index (κ2) is 17.2. The van der Waals surface area contributed by atoms with Gasteiger partial charge in [-0.3, -0.25) is 0 Å². The first-order chi connectivity index (χ1) is 12.1. The van der Waals surface area contributed by atoms with Crippen LogP contribution in [-0.2, 0) is 4.57 Å².